The number of nitrogens with one attached hydrogen (secondary N) is 3. The van der Waals surface area contributed by atoms with Crippen molar-refractivity contribution < 1.29 is 14.4 Å². The molecule has 1 aliphatic heterocycles. The number of hydrogen-bond donors (Lipinski definition) is 3. The van der Waals surface area contributed by atoms with E-state index in [4.69, 9.17) is 0 Å². The molecule has 134 valence electrons. The Hall–Kier alpha value is -2.67. The molecule has 0 saturated carbocycles. The van der Waals surface area contributed by atoms with Crippen molar-refractivity contribution in [2.75, 3.05) is 10.6 Å². The topological polar surface area (TPSA) is 87.3 Å². The van der Waals surface area contributed by atoms with Crippen molar-refractivity contribution >= 4 is 45.0 Å². The van der Waals surface area contributed by atoms with Crippen LogP contribution in [0.1, 0.15) is 28.8 Å². The van der Waals surface area contributed by atoms with Gasteiger partial charge in [0.15, 0.2) is 0 Å². The van der Waals surface area contributed by atoms with E-state index in [1.54, 1.807) is 24.3 Å². The minimum Gasteiger partial charge on any atom is -0.340 e. The second kappa shape index (κ2) is 7.70. The number of rotatable bonds is 4. The molecule has 0 aliphatic carbocycles. The lowest BCUT2D eigenvalue weighted by Gasteiger charge is -2.15. The summed E-state index contributed by atoms with van der Waals surface area (Å²) in [7, 11) is 0. The molecular weight excluding hydrogens is 398 g/mol. The normalized spacial score (nSPS) is 16.2. The number of aryl methyl sites for hydroxylation is 1. The van der Waals surface area contributed by atoms with Gasteiger partial charge < -0.3 is 16.0 Å². The first kappa shape index (κ1) is 18.1. The van der Waals surface area contributed by atoms with Crippen LogP contribution < -0.4 is 16.0 Å². The van der Waals surface area contributed by atoms with Crippen LogP contribution in [-0.4, -0.2) is 23.8 Å². The summed E-state index contributed by atoms with van der Waals surface area (Å²) < 4.78 is 0.936. The molecule has 0 spiro atoms. The number of halogens is 1. The predicted octanol–water partition coefficient (Wildman–Crippen LogP) is 3.23. The van der Waals surface area contributed by atoms with Crippen molar-refractivity contribution in [3.63, 3.8) is 0 Å². The van der Waals surface area contributed by atoms with E-state index in [1.807, 2.05) is 25.1 Å². The smallest absolute Gasteiger partial charge is 0.254 e. The number of fused-ring (bicyclic) bond motifs is 1. The average molecular weight is 416 g/mol. The van der Waals surface area contributed by atoms with Crippen LogP contribution in [-0.2, 0) is 9.59 Å². The van der Waals surface area contributed by atoms with E-state index in [0.29, 0.717) is 11.3 Å². The summed E-state index contributed by atoms with van der Waals surface area (Å²) >= 11 is 3.38. The number of hydrogen-bond acceptors (Lipinski definition) is 3. The standard InChI is InChI=1S/C19H18BrN3O3/c1-11-10-12(20)6-7-14(11)21-17(24)9-8-16-19(26)22-15-5-3-2-4-13(15)18(25)23-16/h2-7,10,16H,8-9H2,1H3,(H,21,24)(H,22,26)(H,23,25). The van der Waals surface area contributed by atoms with Gasteiger partial charge in [-0.3, -0.25) is 14.4 Å². The van der Waals surface area contributed by atoms with Crippen LogP contribution in [0.4, 0.5) is 11.4 Å². The van der Waals surface area contributed by atoms with E-state index in [-0.39, 0.29) is 30.6 Å². The third kappa shape index (κ3) is 4.11. The fourth-order valence-electron chi connectivity index (χ4n) is 2.77. The molecule has 3 amide bonds. The van der Waals surface area contributed by atoms with Gasteiger partial charge in [-0.25, -0.2) is 0 Å². The highest BCUT2D eigenvalue weighted by Gasteiger charge is 2.27. The van der Waals surface area contributed by atoms with Crippen molar-refractivity contribution in [1.82, 2.24) is 5.32 Å². The molecule has 26 heavy (non-hydrogen) atoms. The predicted molar refractivity (Wildman–Crippen MR) is 103 cm³/mol. The monoisotopic (exact) mass is 415 g/mol. The molecule has 2 aromatic carbocycles. The molecule has 2 aromatic rings. The first-order valence-corrected chi connectivity index (χ1v) is 9.00. The zero-order valence-corrected chi connectivity index (χ0v) is 15.7. The Morgan fingerprint density at radius 1 is 1.19 bits per heavy atom. The molecule has 1 unspecified atom stereocenters. The number of para-hydroxylation sites is 1. The Morgan fingerprint density at radius 2 is 1.96 bits per heavy atom. The van der Waals surface area contributed by atoms with Crippen LogP contribution in [0, 0.1) is 6.92 Å². The van der Waals surface area contributed by atoms with Gasteiger partial charge in [0.25, 0.3) is 5.91 Å². The van der Waals surface area contributed by atoms with E-state index < -0.39 is 6.04 Å². The highest BCUT2D eigenvalue weighted by molar-refractivity contribution is 9.10. The summed E-state index contributed by atoms with van der Waals surface area (Å²) in [6, 6.07) is 11.6. The molecular formula is C19H18BrN3O3. The minimum absolute atomic E-state index is 0.115. The summed E-state index contributed by atoms with van der Waals surface area (Å²) in [5.41, 5.74) is 2.55. The highest BCUT2D eigenvalue weighted by Crippen LogP contribution is 2.21. The maximum atomic E-state index is 12.3. The average Bonchev–Trinajstić information content (AvgIpc) is 2.72. The summed E-state index contributed by atoms with van der Waals surface area (Å²) in [4.78, 5) is 36.8. The number of carbonyl (C=O) groups excluding carboxylic acids is 3. The fourth-order valence-corrected chi connectivity index (χ4v) is 3.25. The Labute approximate surface area is 159 Å². The largest absolute Gasteiger partial charge is 0.340 e. The third-order valence-electron chi connectivity index (χ3n) is 4.17. The molecule has 6 nitrogen and oxygen atoms in total. The summed E-state index contributed by atoms with van der Waals surface area (Å²) in [6.45, 7) is 1.90. The van der Waals surface area contributed by atoms with Crippen LogP contribution in [0.15, 0.2) is 46.9 Å². The molecule has 0 fully saturated rings. The zero-order chi connectivity index (χ0) is 18.7. The van der Waals surface area contributed by atoms with E-state index in [2.05, 4.69) is 31.9 Å². The summed E-state index contributed by atoms with van der Waals surface area (Å²) in [5.74, 6) is -0.858. The SMILES string of the molecule is Cc1cc(Br)ccc1NC(=O)CCC1NC(=O)c2ccccc2NC1=O. The van der Waals surface area contributed by atoms with Gasteiger partial charge in [0.05, 0.1) is 11.3 Å². The van der Waals surface area contributed by atoms with Gasteiger partial charge in [-0.1, -0.05) is 28.1 Å². The first-order chi connectivity index (χ1) is 12.4. The van der Waals surface area contributed by atoms with Crippen molar-refractivity contribution in [3.05, 3.63) is 58.1 Å². The van der Waals surface area contributed by atoms with Crippen molar-refractivity contribution in [2.45, 2.75) is 25.8 Å². The molecule has 3 rings (SSSR count). The number of amides is 3. The number of anilines is 2. The highest BCUT2D eigenvalue weighted by atomic mass is 79.9. The lowest BCUT2D eigenvalue weighted by atomic mass is 10.1. The molecule has 7 heteroatoms. The van der Waals surface area contributed by atoms with Gasteiger partial charge in [-0.05, 0) is 49.2 Å². The fraction of sp³-hybridized carbons (Fsp3) is 0.211. The van der Waals surface area contributed by atoms with Gasteiger partial charge >= 0.3 is 0 Å². The van der Waals surface area contributed by atoms with Crippen molar-refractivity contribution in [2.24, 2.45) is 0 Å². The minimum atomic E-state index is -0.758. The Bertz CT molecular complexity index is 882. The van der Waals surface area contributed by atoms with E-state index in [1.165, 1.54) is 0 Å². The van der Waals surface area contributed by atoms with Crippen molar-refractivity contribution in [1.29, 1.82) is 0 Å². The molecule has 3 N–H and O–H groups in total. The summed E-state index contributed by atoms with van der Waals surface area (Å²) in [6.07, 6.45) is 0.331. The quantitative estimate of drug-likeness (QED) is 0.715. The summed E-state index contributed by atoms with van der Waals surface area (Å²) in [5, 5.41) is 8.25. The molecule has 1 atom stereocenters. The van der Waals surface area contributed by atoms with E-state index >= 15 is 0 Å². The van der Waals surface area contributed by atoms with Crippen LogP contribution in [0.3, 0.4) is 0 Å². The van der Waals surface area contributed by atoms with Gasteiger partial charge in [0, 0.05) is 16.6 Å². The van der Waals surface area contributed by atoms with Crippen LogP contribution in [0.2, 0.25) is 0 Å². The lowest BCUT2D eigenvalue weighted by molar-refractivity contribution is -0.118. The van der Waals surface area contributed by atoms with Gasteiger partial charge in [0.2, 0.25) is 11.8 Å². The maximum absolute atomic E-state index is 12.3. The van der Waals surface area contributed by atoms with E-state index in [9.17, 15) is 14.4 Å². The molecule has 0 radical (unpaired) electrons. The molecule has 0 aromatic heterocycles. The molecule has 0 saturated heterocycles. The Kier molecular flexibility index (Phi) is 5.37. The number of benzene rings is 2. The second-order valence-electron chi connectivity index (χ2n) is 6.11. The van der Waals surface area contributed by atoms with Gasteiger partial charge in [-0.2, -0.15) is 0 Å². The first-order valence-electron chi connectivity index (χ1n) is 8.21. The Balaban J connectivity index is 1.61. The molecule has 0 bridgehead atoms. The second-order valence-corrected chi connectivity index (χ2v) is 7.02. The zero-order valence-electron chi connectivity index (χ0n) is 14.1. The lowest BCUT2D eigenvalue weighted by Crippen LogP contribution is -2.41. The van der Waals surface area contributed by atoms with Gasteiger partial charge in [-0.15, -0.1) is 0 Å². The molecule has 1 aliphatic rings. The van der Waals surface area contributed by atoms with Crippen LogP contribution >= 0.6 is 15.9 Å². The van der Waals surface area contributed by atoms with Crippen LogP contribution in [0.25, 0.3) is 0 Å². The van der Waals surface area contributed by atoms with Crippen molar-refractivity contribution in [3.8, 4) is 0 Å². The number of carbonyl (C=O) groups is 3. The maximum Gasteiger partial charge on any atom is 0.254 e. The third-order valence-corrected chi connectivity index (χ3v) is 4.67. The van der Waals surface area contributed by atoms with Gasteiger partial charge in [0.1, 0.15) is 6.04 Å². The molecule has 1 heterocycles. The van der Waals surface area contributed by atoms with Crippen LogP contribution in [0.5, 0.6) is 0 Å². The Morgan fingerprint density at radius 3 is 2.73 bits per heavy atom. The van der Waals surface area contributed by atoms with E-state index in [0.717, 1.165) is 15.7 Å².